The highest BCUT2D eigenvalue weighted by Crippen LogP contribution is 2.55. The van der Waals surface area contributed by atoms with Crippen LogP contribution in [0.4, 0.5) is 0 Å². The first-order chi connectivity index (χ1) is 14.5. The maximum Gasteiger partial charge on any atom is 0.274 e. The van der Waals surface area contributed by atoms with Crippen molar-refractivity contribution in [3.8, 4) is 0 Å². The van der Waals surface area contributed by atoms with Gasteiger partial charge in [0.25, 0.3) is 5.79 Å². The Morgan fingerprint density at radius 1 is 1.10 bits per heavy atom. The van der Waals surface area contributed by atoms with Crippen LogP contribution < -0.4 is 0 Å². The van der Waals surface area contributed by atoms with Gasteiger partial charge in [0.2, 0.25) is 0 Å². The molecule has 3 aliphatic heterocycles. The van der Waals surface area contributed by atoms with E-state index in [2.05, 4.69) is 50.2 Å². The zero-order chi connectivity index (χ0) is 20.9. The lowest BCUT2D eigenvalue weighted by atomic mass is 9.73. The van der Waals surface area contributed by atoms with Crippen LogP contribution in [-0.2, 0) is 25.7 Å². The fraction of sp³-hybridized carbons (Fsp3) is 0.480. The number of hydrogen-bond donors (Lipinski definition) is 0. The molecule has 0 radical (unpaired) electrons. The van der Waals surface area contributed by atoms with Crippen LogP contribution in [-0.4, -0.2) is 37.4 Å². The van der Waals surface area contributed by atoms with Crippen LogP contribution in [0.5, 0.6) is 0 Å². The van der Waals surface area contributed by atoms with Crippen LogP contribution in [0.25, 0.3) is 0 Å². The average molecular weight is 408 g/mol. The number of rotatable bonds is 6. The van der Waals surface area contributed by atoms with Gasteiger partial charge in [0.1, 0.15) is 17.7 Å². The predicted molar refractivity (Wildman–Crippen MR) is 114 cm³/mol. The highest BCUT2D eigenvalue weighted by molar-refractivity contribution is 6.06. The Morgan fingerprint density at radius 2 is 1.83 bits per heavy atom. The van der Waals surface area contributed by atoms with E-state index in [1.54, 1.807) is 7.11 Å². The summed E-state index contributed by atoms with van der Waals surface area (Å²) < 4.78 is 18.4. The van der Waals surface area contributed by atoms with Crippen LogP contribution in [0, 0.1) is 32.6 Å². The molecule has 2 fully saturated rings. The molecular weight excluding hydrogens is 378 g/mol. The molecule has 5 heteroatoms. The Bertz CT molecular complexity index is 949. The van der Waals surface area contributed by atoms with Crippen LogP contribution in [0.1, 0.15) is 34.2 Å². The summed E-state index contributed by atoms with van der Waals surface area (Å²) in [5.41, 5.74) is 6.97. The smallest absolute Gasteiger partial charge is 0.274 e. The molecule has 2 bridgehead atoms. The number of methoxy groups -OCH3 is 1. The number of oxime groups is 1. The molecule has 2 aromatic rings. The highest BCUT2D eigenvalue weighted by atomic mass is 16.8. The average Bonchev–Trinajstić information content (AvgIpc) is 3.39. The number of hydrogen-bond acceptors (Lipinski definition) is 5. The van der Waals surface area contributed by atoms with E-state index in [0.29, 0.717) is 19.1 Å². The predicted octanol–water partition coefficient (Wildman–Crippen LogP) is 4.31. The molecule has 0 spiro atoms. The lowest BCUT2D eigenvalue weighted by Crippen LogP contribution is -2.52. The number of benzene rings is 2. The molecule has 2 saturated heterocycles. The second-order valence-corrected chi connectivity index (χ2v) is 8.83. The molecule has 3 heterocycles. The van der Waals surface area contributed by atoms with Crippen LogP contribution in [0.15, 0.2) is 47.6 Å². The van der Waals surface area contributed by atoms with Gasteiger partial charge < -0.3 is 19.0 Å². The van der Waals surface area contributed by atoms with E-state index < -0.39 is 5.79 Å². The third-order valence-electron chi connectivity index (χ3n) is 6.79. The van der Waals surface area contributed by atoms with Crippen molar-refractivity contribution < 1.29 is 19.0 Å². The first-order valence-corrected chi connectivity index (χ1v) is 10.7. The minimum Gasteiger partial charge on any atom is -0.376 e. The van der Waals surface area contributed by atoms with Gasteiger partial charge in [0.05, 0.1) is 19.3 Å². The van der Waals surface area contributed by atoms with Gasteiger partial charge in [-0.05, 0) is 43.9 Å². The first-order valence-electron chi connectivity index (χ1n) is 10.7. The second-order valence-electron chi connectivity index (χ2n) is 8.83. The standard InChI is InChI=1S/C25H29NO4/c1-15-10-16(2)21(17(3)11-15)23-22-24-19(14-28-13-18-8-6-5-7-9-18)12-20(29-24)25(22,27-4)30-26-23/h5-11,19-20,22,24H,12-14H2,1-4H3/t19-,20+,22+,24-,25-/m1/s1. The van der Waals surface area contributed by atoms with Crippen LogP contribution in [0.3, 0.4) is 0 Å². The third kappa shape index (κ3) is 2.99. The topological polar surface area (TPSA) is 49.3 Å². The molecule has 0 unspecified atom stereocenters. The molecule has 5 nitrogen and oxygen atoms in total. The normalized spacial score (nSPS) is 31.5. The second kappa shape index (κ2) is 7.49. The number of ether oxygens (including phenoxy) is 3. The molecule has 2 aromatic carbocycles. The molecule has 0 saturated carbocycles. The SMILES string of the molecule is CO[C@]12ON=C(c3c(C)cc(C)cc3C)[C@H]1[C@@H]1O[C@H]2C[C@@H]1COCc1ccccc1. The van der Waals surface area contributed by atoms with E-state index in [0.717, 1.165) is 17.7 Å². The molecule has 0 aliphatic carbocycles. The fourth-order valence-corrected chi connectivity index (χ4v) is 5.59. The van der Waals surface area contributed by atoms with E-state index >= 15 is 0 Å². The minimum absolute atomic E-state index is 0.0212. The lowest BCUT2D eigenvalue weighted by molar-refractivity contribution is -0.247. The number of fused-ring (bicyclic) bond motifs is 5. The molecule has 5 atom stereocenters. The Hall–Kier alpha value is -2.21. The Labute approximate surface area is 178 Å². The molecule has 5 rings (SSSR count). The van der Waals surface area contributed by atoms with Gasteiger partial charge in [-0.15, -0.1) is 0 Å². The molecule has 0 amide bonds. The summed E-state index contributed by atoms with van der Waals surface area (Å²) in [6, 6.07) is 14.7. The quantitative estimate of drug-likeness (QED) is 0.716. The molecule has 0 aromatic heterocycles. The maximum atomic E-state index is 6.39. The number of aryl methyl sites for hydroxylation is 3. The summed E-state index contributed by atoms with van der Waals surface area (Å²) in [6.45, 7) is 7.67. The monoisotopic (exact) mass is 407 g/mol. The maximum absolute atomic E-state index is 6.39. The highest BCUT2D eigenvalue weighted by Gasteiger charge is 2.70. The summed E-state index contributed by atoms with van der Waals surface area (Å²) in [4.78, 5) is 5.98. The first kappa shape index (κ1) is 19.7. The summed E-state index contributed by atoms with van der Waals surface area (Å²) in [5.74, 6) is -0.573. The third-order valence-corrected chi connectivity index (χ3v) is 6.79. The van der Waals surface area contributed by atoms with Gasteiger partial charge in [-0.1, -0.05) is 53.2 Å². The van der Waals surface area contributed by atoms with Crippen molar-refractivity contribution in [3.63, 3.8) is 0 Å². The Balaban J connectivity index is 1.38. The van der Waals surface area contributed by atoms with Gasteiger partial charge in [0, 0.05) is 18.6 Å². The largest absolute Gasteiger partial charge is 0.376 e. The van der Waals surface area contributed by atoms with Crippen molar-refractivity contribution in [1.29, 1.82) is 0 Å². The zero-order valence-electron chi connectivity index (χ0n) is 18.1. The van der Waals surface area contributed by atoms with Crippen molar-refractivity contribution in [2.75, 3.05) is 13.7 Å². The summed E-state index contributed by atoms with van der Waals surface area (Å²) in [7, 11) is 1.70. The summed E-state index contributed by atoms with van der Waals surface area (Å²) in [6.07, 6.45) is 0.709. The van der Waals surface area contributed by atoms with E-state index in [1.165, 1.54) is 22.3 Å². The van der Waals surface area contributed by atoms with E-state index in [-0.39, 0.29) is 18.1 Å². The van der Waals surface area contributed by atoms with Crippen molar-refractivity contribution in [3.05, 3.63) is 70.3 Å². The van der Waals surface area contributed by atoms with E-state index in [4.69, 9.17) is 19.0 Å². The van der Waals surface area contributed by atoms with Crippen LogP contribution in [0.2, 0.25) is 0 Å². The van der Waals surface area contributed by atoms with E-state index in [9.17, 15) is 0 Å². The van der Waals surface area contributed by atoms with Gasteiger partial charge in [-0.3, -0.25) is 0 Å². The molecule has 30 heavy (non-hydrogen) atoms. The Kier molecular flexibility index (Phi) is 4.92. The van der Waals surface area contributed by atoms with Gasteiger partial charge in [-0.25, -0.2) is 0 Å². The Morgan fingerprint density at radius 3 is 2.53 bits per heavy atom. The number of nitrogens with zero attached hydrogens (tertiary/aromatic N) is 1. The van der Waals surface area contributed by atoms with E-state index in [1.807, 2.05) is 18.2 Å². The fourth-order valence-electron chi connectivity index (χ4n) is 5.59. The van der Waals surface area contributed by atoms with Gasteiger partial charge in [0.15, 0.2) is 0 Å². The van der Waals surface area contributed by atoms with Gasteiger partial charge in [-0.2, -0.15) is 0 Å². The van der Waals surface area contributed by atoms with Crippen molar-refractivity contribution in [1.82, 2.24) is 0 Å². The van der Waals surface area contributed by atoms with Crippen molar-refractivity contribution in [2.24, 2.45) is 17.0 Å². The molecule has 3 aliphatic rings. The van der Waals surface area contributed by atoms with Crippen molar-refractivity contribution in [2.45, 2.75) is 51.8 Å². The zero-order valence-corrected chi connectivity index (χ0v) is 18.1. The van der Waals surface area contributed by atoms with Crippen LogP contribution >= 0.6 is 0 Å². The van der Waals surface area contributed by atoms with Crippen molar-refractivity contribution >= 4 is 5.71 Å². The summed E-state index contributed by atoms with van der Waals surface area (Å²) in [5, 5.41) is 4.56. The minimum atomic E-state index is -0.820. The molecule has 0 N–H and O–H groups in total. The summed E-state index contributed by atoms with van der Waals surface area (Å²) >= 11 is 0. The molecule has 158 valence electrons. The molecular formula is C25H29NO4. The van der Waals surface area contributed by atoms with Gasteiger partial charge >= 0.3 is 0 Å². The lowest BCUT2D eigenvalue weighted by Gasteiger charge is -2.35.